The summed E-state index contributed by atoms with van der Waals surface area (Å²) in [5, 5.41) is 14.1. The first-order valence-corrected chi connectivity index (χ1v) is 14.9. The van der Waals surface area contributed by atoms with Crippen LogP contribution in [0.3, 0.4) is 0 Å². The highest BCUT2D eigenvalue weighted by Gasteiger charge is 2.79. The van der Waals surface area contributed by atoms with Crippen molar-refractivity contribution in [1.82, 2.24) is 0 Å². The Morgan fingerprint density at radius 2 is 1.93 bits per heavy atom. The van der Waals surface area contributed by atoms with Gasteiger partial charge >= 0.3 is 0 Å². The average molecular weight is 586 g/mol. The van der Waals surface area contributed by atoms with Gasteiger partial charge in [-0.2, -0.15) is 0 Å². The molecule has 0 radical (unpaired) electrons. The Hall–Kier alpha value is -2.35. The summed E-state index contributed by atoms with van der Waals surface area (Å²) in [6, 6.07) is 7.18. The average Bonchev–Trinajstić information content (AvgIpc) is 3.41. The summed E-state index contributed by atoms with van der Waals surface area (Å²) in [4.78, 5) is 33.4. The van der Waals surface area contributed by atoms with E-state index in [-0.39, 0.29) is 42.3 Å². The Morgan fingerprint density at radius 3 is 2.59 bits per heavy atom. The molecule has 4 aliphatic carbocycles. The van der Waals surface area contributed by atoms with E-state index in [0.29, 0.717) is 18.0 Å². The van der Waals surface area contributed by atoms with Crippen LogP contribution >= 0.6 is 11.6 Å². The topological polar surface area (TPSA) is 66.8 Å². The molecule has 41 heavy (non-hydrogen) atoms. The van der Waals surface area contributed by atoms with Gasteiger partial charge in [0.25, 0.3) is 0 Å². The number of hydroxylamine groups is 1. The van der Waals surface area contributed by atoms with E-state index in [1.54, 1.807) is 30.2 Å². The van der Waals surface area contributed by atoms with Crippen molar-refractivity contribution >= 4 is 28.9 Å². The highest BCUT2D eigenvalue weighted by atomic mass is 35.5. The fourth-order valence-electron chi connectivity index (χ4n) is 9.13. The van der Waals surface area contributed by atoms with Crippen LogP contribution in [0, 0.1) is 34.0 Å². The zero-order chi connectivity index (χ0) is 29.8. The summed E-state index contributed by atoms with van der Waals surface area (Å²) in [6.45, 7) is 11.7. The number of hydrogen-bond donors (Lipinski definition) is 1. The zero-order valence-corrected chi connectivity index (χ0v) is 24.8. The maximum absolute atomic E-state index is 17.7. The van der Waals surface area contributed by atoms with Crippen molar-refractivity contribution < 1.29 is 28.3 Å². The Kier molecular flexibility index (Phi) is 6.36. The number of carbonyl (C=O) groups is 2. The molecule has 1 N–H and O–H groups in total. The van der Waals surface area contributed by atoms with Gasteiger partial charge in [-0.25, -0.2) is 8.78 Å². The van der Waals surface area contributed by atoms with Gasteiger partial charge in [-0.1, -0.05) is 44.5 Å². The molecule has 1 aromatic carbocycles. The second kappa shape index (κ2) is 9.08. The van der Waals surface area contributed by atoms with Crippen LogP contribution in [-0.4, -0.2) is 46.8 Å². The molecule has 4 fully saturated rings. The van der Waals surface area contributed by atoms with E-state index < -0.39 is 51.6 Å². The molecule has 0 aromatic heterocycles. The van der Waals surface area contributed by atoms with Gasteiger partial charge in [0, 0.05) is 34.1 Å². The minimum Gasteiger partial charge on any atom is -0.390 e. The molecule has 0 bridgehead atoms. The molecule has 3 saturated carbocycles. The number of allylic oxidation sites excluding steroid dienone is 5. The number of ketones is 2. The highest BCUT2D eigenvalue weighted by molar-refractivity contribution is 6.30. The molecule has 1 aromatic rings. The molecular formula is C33H38ClF2NO4. The van der Waals surface area contributed by atoms with Gasteiger partial charge in [-0.15, -0.1) is 6.58 Å². The standard InChI is InChI=1S/C33H38ClF2NO4/c1-6-29(2,3)16-28(40)33-19(18-37(41-33)21-9-7-20(34)8-10-21)13-23-24-15-26(35)25-14-22(38)11-12-30(25,4)32(24,36)27(39)17-31(23,33)5/h6-12,14,19,23-24,26-27,39H,1,13,15-18H2,2-5H3/t19-,23-,24-,26-,27-,30-,31-,32-,33-/m0/s1. The number of Topliss-reactive ketones (excluding diaryl/α,β-unsaturated/α-hetero) is 1. The number of carbonyl (C=O) groups excluding carboxylic acids is 2. The van der Waals surface area contributed by atoms with Gasteiger partial charge in [0.05, 0.1) is 18.3 Å². The first-order chi connectivity index (χ1) is 19.1. The molecule has 5 aliphatic rings. The molecule has 0 unspecified atom stereocenters. The third-order valence-corrected chi connectivity index (χ3v) is 11.6. The van der Waals surface area contributed by atoms with E-state index in [0.717, 1.165) is 5.69 Å². The Bertz CT molecular complexity index is 1380. The molecule has 8 heteroatoms. The maximum atomic E-state index is 17.7. The summed E-state index contributed by atoms with van der Waals surface area (Å²) >= 11 is 6.12. The van der Waals surface area contributed by atoms with Crippen LogP contribution in [0.2, 0.25) is 5.02 Å². The molecule has 1 heterocycles. The van der Waals surface area contributed by atoms with Gasteiger partial charge < -0.3 is 5.11 Å². The lowest BCUT2D eigenvalue weighted by Gasteiger charge is -2.63. The molecule has 1 aliphatic heterocycles. The minimum atomic E-state index is -2.21. The van der Waals surface area contributed by atoms with Crippen molar-refractivity contribution in [3.8, 4) is 0 Å². The molecular weight excluding hydrogens is 548 g/mol. The lowest BCUT2D eigenvalue weighted by atomic mass is 9.44. The molecule has 220 valence electrons. The van der Waals surface area contributed by atoms with Crippen molar-refractivity contribution in [3.05, 3.63) is 65.7 Å². The van der Waals surface area contributed by atoms with E-state index in [2.05, 4.69) is 6.58 Å². The Labute approximate surface area is 245 Å². The lowest BCUT2D eigenvalue weighted by molar-refractivity contribution is -0.227. The van der Waals surface area contributed by atoms with Crippen molar-refractivity contribution in [2.24, 2.45) is 34.0 Å². The summed E-state index contributed by atoms with van der Waals surface area (Å²) in [5.41, 5.74) is -5.67. The SMILES string of the molecule is C=CC(C)(C)CC(=O)[C@@]12ON(c3ccc(Cl)cc3)C[C@@H]1C[C@H]1[C@@H]3C[C@H](F)C4=CC(=O)C=C[C@]4(C)[C@@]3(F)[C@@H](O)C[C@@]12C. The normalized spacial score (nSPS) is 43.1. The second-order valence-corrected chi connectivity index (χ2v) is 14.4. The van der Waals surface area contributed by atoms with E-state index in [1.165, 1.54) is 18.2 Å². The van der Waals surface area contributed by atoms with Crippen LogP contribution in [0.4, 0.5) is 14.5 Å². The second-order valence-electron chi connectivity index (χ2n) is 13.9. The molecule has 9 atom stereocenters. The maximum Gasteiger partial charge on any atom is 0.178 e. The number of hydrogen-bond acceptors (Lipinski definition) is 5. The number of alkyl halides is 2. The number of nitrogens with zero attached hydrogens (tertiary/aromatic N) is 1. The van der Waals surface area contributed by atoms with E-state index >= 15 is 8.78 Å². The number of benzene rings is 1. The summed E-state index contributed by atoms with van der Waals surface area (Å²) in [6.07, 6.45) is 3.05. The predicted octanol–water partition coefficient (Wildman–Crippen LogP) is 6.55. The zero-order valence-electron chi connectivity index (χ0n) is 24.0. The number of rotatable bonds is 5. The fourth-order valence-corrected chi connectivity index (χ4v) is 9.25. The number of anilines is 1. The predicted molar refractivity (Wildman–Crippen MR) is 154 cm³/mol. The smallest absolute Gasteiger partial charge is 0.178 e. The van der Waals surface area contributed by atoms with Gasteiger partial charge in [0.1, 0.15) is 6.17 Å². The van der Waals surface area contributed by atoms with Gasteiger partial charge in [-0.05, 0) is 79.5 Å². The number of fused-ring (bicyclic) bond motifs is 7. The third kappa shape index (κ3) is 3.70. The van der Waals surface area contributed by atoms with Crippen molar-refractivity contribution in [2.75, 3.05) is 11.6 Å². The minimum absolute atomic E-state index is 0.0303. The van der Waals surface area contributed by atoms with Crippen molar-refractivity contribution in [1.29, 1.82) is 0 Å². The van der Waals surface area contributed by atoms with Crippen LogP contribution in [0.5, 0.6) is 0 Å². The Balaban J connectivity index is 1.46. The van der Waals surface area contributed by atoms with E-state index in [9.17, 15) is 14.7 Å². The van der Waals surface area contributed by atoms with Crippen molar-refractivity contribution in [2.45, 2.75) is 76.9 Å². The molecule has 6 rings (SSSR count). The first-order valence-electron chi connectivity index (χ1n) is 14.5. The largest absolute Gasteiger partial charge is 0.390 e. The summed E-state index contributed by atoms with van der Waals surface area (Å²) in [5.74, 6) is -2.09. The molecule has 0 amide bonds. The lowest BCUT2D eigenvalue weighted by Crippen LogP contribution is -2.70. The molecule has 1 saturated heterocycles. The Morgan fingerprint density at radius 1 is 1.24 bits per heavy atom. The van der Waals surface area contributed by atoms with Crippen LogP contribution < -0.4 is 5.06 Å². The number of aliphatic hydroxyl groups is 1. The van der Waals surface area contributed by atoms with Crippen LogP contribution in [0.25, 0.3) is 0 Å². The number of halogens is 3. The fraction of sp³-hybridized carbons (Fsp3) is 0.576. The van der Waals surface area contributed by atoms with E-state index in [4.69, 9.17) is 16.4 Å². The monoisotopic (exact) mass is 585 g/mol. The first kappa shape index (κ1) is 28.8. The molecule has 5 nitrogen and oxygen atoms in total. The summed E-state index contributed by atoms with van der Waals surface area (Å²) < 4.78 is 33.6. The van der Waals surface area contributed by atoms with E-state index in [1.807, 2.05) is 32.9 Å². The van der Waals surface area contributed by atoms with Gasteiger partial charge in [0.2, 0.25) is 0 Å². The molecule has 0 spiro atoms. The van der Waals surface area contributed by atoms with Gasteiger partial charge in [0.15, 0.2) is 22.8 Å². The third-order valence-electron chi connectivity index (χ3n) is 11.3. The van der Waals surface area contributed by atoms with Crippen molar-refractivity contribution in [3.63, 3.8) is 0 Å². The summed E-state index contributed by atoms with van der Waals surface area (Å²) in [7, 11) is 0. The quantitative estimate of drug-likeness (QED) is 0.397. The number of aliphatic hydroxyl groups excluding tert-OH is 1. The highest BCUT2D eigenvalue weighted by Crippen LogP contribution is 2.73. The van der Waals surface area contributed by atoms with Crippen LogP contribution in [-0.2, 0) is 14.4 Å². The van der Waals surface area contributed by atoms with Crippen LogP contribution in [0.15, 0.2) is 60.7 Å². The van der Waals surface area contributed by atoms with Crippen LogP contribution in [0.1, 0.15) is 53.4 Å². The van der Waals surface area contributed by atoms with Gasteiger partial charge in [-0.3, -0.25) is 19.5 Å².